The Balaban J connectivity index is 2.07. The number of ether oxygens (including phenoxy) is 4. The molecule has 0 aromatic carbocycles. The van der Waals surface area contributed by atoms with E-state index in [9.17, 15) is 10.2 Å². The van der Waals surface area contributed by atoms with Crippen molar-refractivity contribution < 1.29 is 29.2 Å². The first kappa shape index (κ1) is 11.3. The monoisotopic (exact) mass is 220 g/mol. The zero-order valence-electron chi connectivity index (χ0n) is 8.70. The van der Waals surface area contributed by atoms with Crippen molar-refractivity contribution in [3.63, 3.8) is 0 Å². The zero-order chi connectivity index (χ0) is 11.0. The van der Waals surface area contributed by atoms with Gasteiger partial charge in [-0.2, -0.15) is 0 Å². The van der Waals surface area contributed by atoms with E-state index in [4.69, 9.17) is 18.9 Å². The van der Waals surface area contributed by atoms with Crippen LogP contribution in [0.1, 0.15) is 6.92 Å². The normalized spacial score (nSPS) is 51.2. The third-order valence-electron chi connectivity index (χ3n) is 2.72. The summed E-state index contributed by atoms with van der Waals surface area (Å²) in [7, 11) is 1.41. The van der Waals surface area contributed by atoms with E-state index in [-0.39, 0.29) is 0 Å². The van der Waals surface area contributed by atoms with Crippen LogP contribution >= 0.6 is 0 Å². The van der Waals surface area contributed by atoms with Crippen LogP contribution in [0.15, 0.2) is 0 Å². The van der Waals surface area contributed by atoms with Crippen LogP contribution in [0.5, 0.6) is 0 Å². The van der Waals surface area contributed by atoms with Gasteiger partial charge >= 0.3 is 0 Å². The van der Waals surface area contributed by atoms with Gasteiger partial charge in [0.25, 0.3) is 0 Å². The third kappa shape index (κ3) is 2.01. The van der Waals surface area contributed by atoms with Crippen molar-refractivity contribution in [2.75, 3.05) is 13.7 Å². The van der Waals surface area contributed by atoms with Gasteiger partial charge in [0.15, 0.2) is 12.6 Å². The minimum absolute atomic E-state index is 0.329. The van der Waals surface area contributed by atoms with Gasteiger partial charge in [0.2, 0.25) is 0 Å². The molecule has 15 heavy (non-hydrogen) atoms. The number of hydrogen-bond donors (Lipinski definition) is 2. The predicted octanol–water partition coefficient (Wildman–Crippen LogP) is -1.16. The van der Waals surface area contributed by atoms with Gasteiger partial charge in [0, 0.05) is 7.11 Å². The van der Waals surface area contributed by atoms with Gasteiger partial charge in [-0.1, -0.05) is 0 Å². The molecule has 1 unspecified atom stereocenters. The topological polar surface area (TPSA) is 77.4 Å². The molecule has 0 radical (unpaired) electrons. The van der Waals surface area contributed by atoms with E-state index in [1.165, 1.54) is 7.11 Å². The molecule has 0 saturated carbocycles. The van der Waals surface area contributed by atoms with Crippen molar-refractivity contribution in [3.8, 4) is 0 Å². The zero-order valence-corrected chi connectivity index (χ0v) is 8.70. The Bertz CT molecular complexity index is 221. The highest BCUT2D eigenvalue weighted by Crippen LogP contribution is 2.28. The Morgan fingerprint density at radius 3 is 2.60 bits per heavy atom. The lowest BCUT2D eigenvalue weighted by Crippen LogP contribution is -2.62. The number of rotatable bonds is 1. The first-order chi connectivity index (χ1) is 7.13. The molecule has 6 heteroatoms. The summed E-state index contributed by atoms with van der Waals surface area (Å²) in [4.78, 5) is 0. The van der Waals surface area contributed by atoms with Gasteiger partial charge in [-0.05, 0) is 6.92 Å². The van der Waals surface area contributed by atoms with E-state index >= 15 is 0 Å². The molecule has 0 aromatic rings. The van der Waals surface area contributed by atoms with Crippen LogP contribution in [0.25, 0.3) is 0 Å². The smallest absolute Gasteiger partial charge is 0.186 e. The SMILES string of the molecule is CO[C@@H]1O[C@@H]2COC(C)O[C@@H]2[C@H](O)[C@H]1O. The van der Waals surface area contributed by atoms with Gasteiger partial charge < -0.3 is 29.2 Å². The Morgan fingerprint density at radius 2 is 1.93 bits per heavy atom. The molecular weight excluding hydrogens is 204 g/mol. The molecule has 2 aliphatic rings. The summed E-state index contributed by atoms with van der Waals surface area (Å²) < 4.78 is 20.9. The molecule has 2 heterocycles. The molecule has 2 aliphatic heterocycles. The molecule has 0 spiro atoms. The Kier molecular flexibility index (Phi) is 3.24. The molecule has 0 aliphatic carbocycles. The molecule has 0 bridgehead atoms. The maximum Gasteiger partial charge on any atom is 0.186 e. The van der Waals surface area contributed by atoms with Gasteiger partial charge in [-0.25, -0.2) is 0 Å². The maximum absolute atomic E-state index is 9.80. The summed E-state index contributed by atoms with van der Waals surface area (Å²) in [6.07, 6.45) is -4.29. The minimum Gasteiger partial charge on any atom is -0.387 e. The van der Waals surface area contributed by atoms with Crippen LogP contribution in [0, 0.1) is 0 Å². The summed E-state index contributed by atoms with van der Waals surface area (Å²) in [5.74, 6) is 0. The number of methoxy groups -OCH3 is 1. The number of fused-ring (bicyclic) bond motifs is 1. The molecule has 0 aromatic heterocycles. The summed E-state index contributed by atoms with van der Waals surface area (Å²) in [5, 5.41) is 19.4. The van der Waals surface area contributed by atoms with Crippen LogP contribution in [0.4, 0.5) is 0 Å². The van der Waals surface area contributed by atoms with E-state index in [1.807, 2.05) is 0 Å². The highest BCUT2D eigenvalue weighted by Gasteiger charge is 2.48. The van der Waals surface area contributed by atoms with E-state index in [0.29, 0.717) is 6.61 Å². The fourth-order valence-corrected chi connectivity index (χ4v) is 1.89. The van der Waals surface area contributed by atoms with E-state index in [1.54, 1.807) is 6.92 Å². The van der Waals surface area contributed by atoms with E-state index in [2.05, 4.69) is 0 Å². The first-order valence-corrected chi connectivity index (χ1v) is 4.95. The van der Waals surface area contributed by atoms with Gasteiger partial charge in [-0.3, -0.25) is 0 Å². The summed E-state index contributed by atoms with van der Waals surface area (Å²) >= 11 is 0. The highest BCUT2D eigenvalue weighted by atomic mass is 16.7. The summed E-state index contributed by atoms with van der Waals surface area (Å²) in [6.45, 7) is 2.06. The van der Waals surface area contributed by atoms with Gasteiger partial charge in [-0.15, -0.1) is 0 Å². The van der Waals surface area contributed by atoms with Crippen LogP contribution in [0.3, 0.4) is 0 Å². The van der Waals surface area contributed by atoms with Crippen molar-refractivity contribution in [1.29, 1.82) is 0 Å². The lowest BCUT2D eigenvalue weighted by atomic mass is 9.98. The van der Waals surface area contributed by atoms with Crippen molar-refractivity contribution in [2.45, 2.75) is 43.9 Å². The van der Waals surface area contributed by atoms with Crippen molar-refractivity contribution in [1.82, 2.24) is 0 Å². The van der Waals surface area contributed by atoms with Crippen LogP contribution in [-0.2, 0) is 18.9 Å². The lowest BCUT2D eigenvalue weighted by Gasteiger charge is -2.45. The minimum atomic E-state index is -1.10. The van der Waals surface area contributed by atoms with E-state index in [0.717, 1.165) is 0 Å². The Morgan fingerprint density at radius 1 is 1.20 bits per heavy atom. The molecule has 2 rings (SSSR count). The molecule has 2 saturated heterocycles. The Hall–Kier alpha value is -0.240. The second kappa shape index (κ2) is 4.32. The van der Waals surface area contributed by atoms with Crippen LogP contribution < -0.4 is 0 Å². The van der Waals surface area contributed by atoms with Crippen molar-refractivity contribution >= 4 is 0 Å². The average molecular weight is 220 g/mol. The van der Waals surface area contributed by atoms with Crippen LogP contribution in [-0.4, -0.2) is 60.9 Å². The highest BCUT2D eigenvalue weighted by molar-refractivity contribution is 4.91. The maximum atomic E-state index is 9.80. The lowest BCUT2D eigenvalue weighted by molar-refractivity contribution is -0.352. The average Bonchev–Trinajstić information content (AvgIpc) is 2.24. The van der Waals surface area contributed by atoms with E-state index < -0.39 is 37.0 Å². The fourth-order valence-electron chi connectivity index (χ4n) is 1.89. The third-order valence-corrected chi connectivity index (χ3v) is 2.72. The summed E-state index contributed by atoms with van der Waals surface area (Å²) in [6, 6.07) is 0. The molecule has 88 valence electrons. The quantitative estimate of drug-likeness (QED) is 0.580. The summed E-state index contributed by atoms with van der Waals surface area (Å²) in [5.41, 5.74) is 0. The largest absolute Gasteiger partial charge is 0.387 e. The second-order valence-corrected chi connectivity index (χ2v) is 3.76. The fraction of sp³-hybridized carbons (Fsp3) is 1.00. The molecular formula is C9H16O6. The molecule has 6 nitrogen and oxygen atoms in total. The van der Waals surface area contributed by atoms with Gasteiger partial charge in [0.05, 0.1) is 6.61 Å². The van der Waals surface area contributed by atoms with Gasteiger partial charge in [0.1, 0.15) is 24.4 Å². The van der Waals surface area contributed by atoms with Crippen LogP contribution in [0.2, 0.25) is 0 Å². The molecule has 6 atom stereocenters. The first-order valence-electron chi connectivity index (χ1n) is 4.95. The predicted molar refractivity (Wildman–Crippen MR) is 48.0 cm³/mol. The standard InChI is InChI=1S/C9H16O6/c1-4-13-3-5-8(14-4)6(10)7(11)9(12-2)15-5/h4-11H,3H2,1-2H3/t4?,5-,6-,7-,8+,9-/m1/s1. The number of aliphatic hydroxyl groups is 2. The second-order valence-electron chi connectivity index (χ2n) is 3.76. The molecule has 2 N–H and O–H groups in total. The Labute approximate surface area is 87.7 Å². The number of aliphatic hydroxyl groups excluding tert-OH is 2. The molecule has 2 fully saturated rings. The number of hydrogen-bond acceptors (Lipinski definition) is 6. The van der Waals surface area contributed by atoms with Crippen molar-refractivity contribution in [3.05, 3.63) is 0 Å². The molecule has 0 amide bonds. The van der Waals surface area contributed by atoms with Crippen molar-refractivity contribution in [2.24, 2.45) is 0 Å².